The van der Waals surface area contributed by atoms with E-state index in [-0.39, 0.29) is 17.7 Å². The third-order valence-corrected chi connectivity index (χ3v) is 3.43. The van der Waals surface area contributed by atoms with Crippen molar-refractivity contribution < 1.29 is 4.39 Å². The van der Waals surface area contributed by atoms with E-state index in [0.29, 0.717) is 0 Å². The molecule has 2 rings (SSSR count). The Morgan fingerprint density at radius 3 is 2.55 bits per heavy atom. The first-order valence-corrected chi connectivity index (χ1v) is 7.16. The summed E-state index contributed by atoms with van der Waals surface area (Å²) in [5.74, 6) is 0.644. The number of nitrogens with zero attached hydrogens (tertiary/aromatic N) is 2. The van der Waals surface area contributed by atoms with E-state index in [1.807, 2.05) is 18.2 Å². The fourth-order valence-electron chi connectivity index (χ4n) is 2.11. The summed E-state index contributed by atoms with van der Waals surface area (Å²) in [7, 11) is 0. The van der Waals surface area contributed by atoms with E-state index in [1.54, 1.807) is 0 Å². The maximum atomic E-state index is 13.3. The van der Waals surface area contributed by atoms with Crippen LogP contribution < -0.4 is 4.90 Å². The van der Waals surface area contributed by atoms with E-state index in [0.717, 1.165) is 17.9 Å². The van der Waals surface area contributed by atoms with Gasteiger partial charge in [-0.2, -0.15) is 0 Å². The van der Waals surface area contributed by atoms with Crippen LogP contribution in [0, 0.1) is 5.82 Å². The number of anilines is 1. The third-order valence-electron chi connectivity index (χ3n) is 3.14. The molecular weight excluding hydrogens is 275 g/mol. The lowest BCUT2D eigenvalue weighted by Crippen LogP contribution is -2.31. The van der Waals surface area contributed by atoms with Crippen molar-refractivity contribution in [1.82, 2.24) is 4.98 Å². The maximum absolute atomic E-state index is 13.3. The Balaban J connectivity index is 2.34. The second kappa shape index (κ2) is 6.71. The molecule has 2 nitrogen and oxygen atoms in total. The fraction of sp³-hybridized carbons (Fsp3) is 0.312. The van der Waals surface area contributed by atoms with E-state index in [4.69, 9.17) is 11.6 Å². The number of hydrogen-bond donors (Lipinski definition) is 0. The van der Waals surface area contributed by atoms with Gasteiger partial charge < -0.3 is 4.90 Å². The van der Waals surface area contributed by atoms with Crippen molar-refractivity contribution in [3.8, 4) is 0 Å². The van der Waals surface area contributed by atoms with Crippen molar-refractivity contribution >= 4 is 17.4 Å². The first-order chi connectivity index (χ1) is 9.61. The molecular formula is C16H18ClFN2. The number of halogens is 2. The van der Waals surface area contributed by atoms with Crippen LogP contribution in [0.2, 0.25) is 0 Å². The molecule has 0 bridgehead atoms. The number of aromatic nitrogens is 1. The molecule has 0 aliphatic rings. The van der Waals surface area contributed by atoms with Crippen LogP contribution in [-0.2, 0) is 12.4 Å². The molecule has 106 valence electrons. The van der Waals surface area contributed by atoms with Gasteiger partial charge in [0.2, 0.25) is 0 Å². The van der Waals surface area contributed by atoms with Crippen LogP contribution in [0.25, 0.3) is 0 Å². The third kappa shape index (κ3) is 3.48. The molecule has 4 heteroatoms. The number of benzene rings is 1. The molecule has 0 fully saturated rings. The Kier molecular flexibility index (Phi) is 4.96. The Labute approximate surface area is 124 Å². The molecule has 2 aromatic rings. The standard InChI is InChI=1S/C16H18ClFN2/c1-12(2)20(11-13-6-4-3-5-7-13)16-14(9-17)8-15(18)10-19-16/h3-8,10,12H,9,11H2,1-2H3. The summed E-state index contributed by atoms with van der Waals surface area (Å²) in [5, 5.41) is 0. The van der Waals surface area contributed by atoms with Gasteiger partial charge in [-0.3, -0.25) is 0 Å². The lowest BCUT2D eigenvalue weighted by molar-refractivity contribution is 0.613. The van der Waals surface area contributed by atoms with E-state index in [9.17, 15) is 4.39 Å². The van der Waals surface area contributed by atoms with Gasteiger partial charge in [0.15, 0.2) is 0 Å². The van der Waals surface area contributed by atoms with Gasteiger partial charge in [-0.25, -0.2) is 9.37 Å². The first kappa shape index (κ1) is 14.8. The van der Waals surface area contributed by atoms with E-state index in [2.05, 4.69) is 35.9 Å². The zero-order valence-corrected chi connectivity index (χ0v) is 12.4. The minimum Gasteiger partial charge on any atom is -0.350 e. The quantitative estimate of drug-likeness (QED) is 0.761. The molecule has 1 heterocycles. The fourth-order valence-corrected chi connectivity index (χ4v) is 2.31. The van der Waals surface area contributed by atoms with Crippen molar-refractivity contribution in [1.29, 1.82) is 0 Å². The SMILES string of the molecule is CC(C)N(Cc1ccccc1)c1ncc(F)cc1CCl. The van der Waals surface area contributed by atoms with Gasteiger partial charge in [0.25, 0.3) is 0 Å². The molecule has 0 saturated heterocycles. The number of alkyl halides is 1. The van der Waals surface area contributed by atoms with Crippen molar-refractivity contribution in [2.75, 3.05) is 4.90 Å². The highest BCUT2D eigenvalue weighted by Gasteiger charge is 2.16. The van der Waals surface area contributed by atoms with E-state index in [1.165, 1.54) is 17.8 Å². The Hall–Kier alpha value is -1.61. The molecule has 0 spiro atoms. The summed E-state index contributed by atoms with van der Waals surface area (Å²) < 4.78 is 13.3. The van der Waals surface area contributed by atoms with Gasteiger partial charge in [-0.15, -0.1) is 11.6 Å². The molecule has 0 atom stereocenters. The van der Waals surface area contributed by atoms with Gasteiger partial charge in [0.05, 0.1) is 12.1 Å². The average molecular weight is 293 g/mol. The van der Waals surface area contributed by atoms with Gasteiger partial charge in [-0.1, -0.05) is 30.3 Å². The van der Waals surface area contributed by atoms with Crippen molar-refractivity contribution in [2.45, 2.75) is 32.3 Å². The van der Waals surface area contributed by atoms with Crippen molar-refractivity contribution in [3.05, 3.63) is 59.5 Å². The van der Waals surface area contributed by atoms with Gasteiger partial charge in [-0.05, 0) is 25.5 Å². The molecule has 20 heavy (non-hydrogen) atoms. The van der Waals surface area contributed by atoms with Gasteiger partial charge >= 0.3 is 0 Å². The summed E-state index contributed by atoms with van der Waals surface area (Å²) in [4.78, 5) is 6.36. The molecule has 1 aromatic carbocycles. The molecule has 1 aromatic heterocycles. The molecule has 0 unspecified atom stereocenters. The predicted molar refractivity (Wildman–Crippen MR) is 81.5 cm³/mol. The average Bonchev–Trinajstić information content (AvgIpc) is 2.46. The van der Waals surface area contributed by atoms with Crippen molar-refractivity contribution in [3.63, 3.8) is 0 Å². The highest BCUT2D eigenvalue weighted by molar-refractivity contribution is 6.17. The minimum atomic E-state index is -0.354. The topological polar surface area (TPSA) is 16.1 Å². The molecule has 0 saturated carbocycles. The van der Waals surface area contributed by atoms with Crippen LogP contribution in [0.3, 0.4) is 0 Å². The summed E-state index contributed by atoms with van der Waals surface area (Å²) >= 11 is 5.92. The second-order valence-corrected chi connectivity index (χ2v) is 5.24. The predicted octanol–water partition coefficient (Wildman–Crippen LogP) is 4.37. The van der Waals surface area contributed by atoms with Gasteiger partial charge in [0, 0.05) is 18.2 Å². The monoisotopic (exact) mass is 292 g/mol. The van der Waals surface area contributed by atoms with Crippen LogP contribution in [0.1, 0.15) is 25.0 Å². The lowest BCUT2D eigenvalue weighted by Gasteiger charge is -2.29. The normalized spacial score (nSPS) is 10.8. The lowest BCUT2D eigenvalue weighted by atomic mass is 10.1. The van der Waals surface area contributed by atoms with Crippen LogP contribution in [0.5, 0.6) is 0 Å². The largest absolute Gasteiger partial charge is 0.350 e. The molecule has 0 radical (unpaired) electrons. The number of rotatable bonds is 5. The van der Waals surface area contributed by atoms with Crippen LogP contribution in [0.15, 0.2) is 42.6 Å². The highest BCUT2D eigenvalue weighted by atomic mass is 35.5. The van der Waals surface area contributed by atoms with Gasteiger partial charge in [0.1, 0.15) is 11.6 Å². The first-order valence-electron chi connectivity index (χ1n) is 6.62. The van der Waals surface area contributed by atoms with Crippen LogP contribution in [-0.4, -0.2) is 11.0 Å². The second-order valence-electron chi connectivity index (χ2n) is 4.98. The zero-order valence-electron chi connectivity index (χ0n) is 11.7. The van der Waals surface area contributed by atoms with Crippen LogP contribution >= 0.6 is 11.6 Å². The van der Waals surface area contributed by atoms with Crippen LogP contribution in [0.4, 0.5) is 10.2 Å². The Morgan fingerprint density at radius 2 is 1.95 bits per heavy atom. The maximum Gasteiger partial charge on any atom is 0.141 e. The molecule has 0 aliphatic heterocycles. The Morgan fingerprint density at radius 1 is 1.25 bits per heavy atom. The molecule has 0 aliphatic carbocycles. The molecule has 0 amide bonds. The zero-order chi connectivity index (χ0) is 14.5. The smallest absolute Gasteiger partial charge is 0.141 e. The van der Waals surface area contributed by atoms with E-state index < -0.39 is 0 Å². The minimum absolute atomic E-state index is 0.245. The Bertz CT molecular complexity index is 558. The summed E-state index contributed by atoms with van der Waals surface area (Å²) in [6.45, 7) is 4.90. The van der Waals surface area contributed by atoms with E-state index >= 15 is 0 Å². The summed E-state index contributed by atoms with van der Waals surface area (Å²) in [6.07, 6.45) is 1.24. The molecule has 0 N–H and O–H groups in total. The number of pyridine rings is 1. The number of hydrogen-bond acceptors (Lipinski definition) is 2. The summed E-state index contributed by atoms with van der Waals surface area (Å²) in [6, 6.07) is 11.8. The summed E-state index contributed by atoms with van der Waals surface area (Å²) in [5.41, 5.74) is 1.91. The van der Waals surface area contributed by atoms with Crippen molar-refractivity contribution in [2.24, 2.45) is 0 Å². The highest BCUT2D eigenvalue weighted by Crippen LogP contribution is 2.24.